The van der Waals surface area contributed by atoms with Gasteiger partial charge in [0.05, 0.1) is 16.7 Å². The summed E-state index contributed by atoms with van der Waals surface area (Å²) >= 11 is 0. The van der Waals surface area contributed by atoms with Crippen LogP contribution in [0.3, 0.4) is 0 Å². The molecule has 0 amide bonds. The number of hydrogen-bond acceptors (Lipinski definition) is 2. The highest BCUT2D eigenvalue weighted by atomic mass is 19.4. The molecule has 0 saturated heterocycles. The molecule has 2 nitrogen and oxygen atoms in total. The number of Topliss-reactive ketones (excluding diaryl/α,β-unsaturated/α-hetero) is 2. The average Bonchev–Trinajstić information content (AvgIpc) is 3.24. The van der Waals surface area contributed by atoms with Gasteiger partial charge in [-0.2, -0.15) is 39.5 Å². The molecule has 6 rings (SSSR count). The second-order valence-corrected chi connectivity index (χ2v) is 17.4. The summed E-state index contributed by atoms with van der Waals surface area (Å²) < 4.78 is 118. The summed E-state index contributed by atoms with van der Waals surface area (Å²) in [6.07, 6.45) is -12.1. The third kappa shape index (κ3) is 13.5. The maximum atomic E-state index is 13.3. The maximum Gasteiger partial charge on any atom is 0.416 e. The Morgan fingerprint density at radius 3 is 1.03 bits per heavy atom. The zero-order valence-electron chi connectivity index (χ0n) is 37.1. The molecule has 0 bridgehead atoms. The Morgan fingerprint density at radius 1 is 0.400 bits per heavy atom. The molecular formula is C54H51F9O2. The van der Waals surface area contributed by atoms with E-state index in [1.807, 2.05) is 63.2 Å². The molecule has 6 aromatic carbocycles. The van der Waals surface area contributed by atoms with Crippen molar-refractivity contribution in [2.45, 2.75) is 91.7 Å². The van der Waals surface area contributed by atoms with E-state index < -0.39 is 41.1 Å². The normalized spacial score (nSPS) is 13.0. The van der Waals surface area contributed by atoms with Crippen molar-refractivity contribution in [3.05, 3.63) is 167 Å². The van der Waals surface area contributed by atoms with Crippen LogP contribution >= 0.6 is 0 Å². The Hall–Kier alpha value is -5.97. The minimum Gasteiger partial charge on any atom is -0.299 e. The molecule has 0 fully saturated rings. The summed E-state index contributed by atoms with van der Waals surface area (Å²) in [7, 11) is 0. The van der Waals surface area contributed by atoms with Crippen LogP contribution in [0.2, 0.25) is 0 Å². The molecule has 0 spiro atoms. The molecule has 65 heavy (non-hydrogen) atoms. The Balaban J connectivity index is 0.000000245. The number of halogens is 9. The fourth-order valence-corrected chi connectivity index (χ4v) is 7.71. The van der Waals surface area contributed by atoms with Gasteiger partial charge in [0, 0.05) is 11.8 Å². The van der Waals surface area contributed by atoms with Gasteiger partial charge in [-0.1, -0.05) is 118 Å². The first-order valence-electron chi connectivity index (χ1n) is 21.2. The topological polar surface area (TPSA) is 34.1 Å². The van der Waals surface area contributed by atoms with Gasteiger partial charge in [-0.05, 0) is 150 Å². The molecule has 0 saturated carbocycles. The fraction of sp³-hybridized carbons (Fsp3) is 0.296. The minimum atomic E-state index is -4.52. The van der Waals surface area contributed by atoms with Crippen LogP contribution < -0.4 is 0 Å². The number of alkyl halides is 9. The first-order chi connectivity index (χ1) is 30.3. The van der Waals surface area contributed by atoms with Crippen LogP contribution in [0, 0.1) is 18.8 Å². The van der Waals surface area contributed by atoms with E-state index in [-0.39, 0.29) is 23.4 Å². The van der Waals surface area contributed by atoms with Crippen molar-refractivity contribution in [3.63, 3.8) is 0 Å². The van der Waals surface area contributed by atoms with E-state index in [4.69, 9.17) is 0 Å². The number of carbonyl (C=O) groups excluding carboxylic acids is 2. The number of aryl methyl sites for hydroxylation is 1. The van der Waals surface area contributed by atoms with E-state index in [0.29, 0.717) is 45.7 Å². The summed E-state index contributed by atoms with van der Waals surface area (Å²) in [4.78, 5) is 24.9. The predicted molar refractivity (Wildman–Crippen MR) is 240 cm³/mol. The number of ketones is 2. The summed E-state index contributed by atoms with van der Waals surface area (Å²) in [5, 5.41) is 0. The van der Waals surface area contributed by atoms with Crippen molar-refractivity contribution in [2.75, 3.05) is 0 Å². The van der Waals surface area contributed by atoms with Gasteiger partial charge in [0.2, 0.25) is 0 Å². The lowest BCUT2D eigenvalue weighted by molar-refractivity contribution is -0.138. The van der Waals surface area contributed by atoms with Crippen LogP contribution in [0.1, 0.15) is 99.6 Å². The molecule has 2 atom stereocenters. The monoisotopic (exact) mass is 902 g/mol. The smallest absolute Gasteiger partial charge is 0.299 e. The molecule has 0 aliphatic heterocycles. The number of carbonyl (C=O) groups is 2. The predicted octanol–water partition coefficient (Wildman–Crippen LogP) is 16.8. The van der Waals surface area contributed by atoms with Gasteiger partial charge in [0.15, 0.2) is 0 Å². The molecule has 0 aromatic heterocycles. The van der Waals surface area contributed by atoms with Crippen molar-refractivity contribution in [2.24, 2.45) is 11.8 Å². The number of benzene rings is 6. The highest BCUT2D eigenvalue weighted by Crippen LogP contribution is 2.39. The average molecular weight is 903 g/mol. The van der Waals surface area contributed by atoms with E-state index in [9.17, 15) is 49.1 Å². The van der Waals surface area contributed by atoms with Gasteiger partial charge in [0.25, 0.3) is 0 Å². The molecular weight excluding hydrogens is 852 g/mol. The Labute approximate surface area is 374 Å². The molecule has 11 heteroatoms. The van der Waals surface area contributed by atoms with Gasteiger partial charge < -0.3 is 0 Å². The van der Waals surface area contributed by atoms with Crippen LogP contribution in [-0.2, 0) is 28.1 Å². The van der Waals surface area contributed by atoms with Gasteiger partial charge in [-0.3, -0.25) is 9.59 Å². The standard InChI is InChI=1S/C27H24F6O.C27H27F3O/c1-16(2)11-25(17(3)34)22-13-20(18-7-9-23(10-8-18)26(28,29)30)12-21(14-22)19-5-4-6-24(15-19)27(31,32)33;1-17(2)13-26(19(4)31)24-15-22(20-7-5-18(3)6-8-20)14-23(16-24)21-9-11-25(12-10-21)27(28,29)30/h4-10,12-16,25H,11H2,1-3H3;5-12,14-17,26H,13H2,1-4H3. The first-order valence-corrected chi connectivity index (χ1v) is 21.2. The van der Waals surface area contributed by atoms with Gasteiger partial charge >= 0.3 is 18.5 Å². The fourth-order valence-electron chi connectivity index (χ4n) is 7.71. The maximum absolute atomic E-state index is 13.3. The molecule has 342 valence electrons. The van der Waals surface area contributed by atoms with Crippen molar-refractivity contribution in [3.8, 4) is 44.5 Å². The van der Waals surface area contributed by atoms with Gasteiger partial charge in [-0.25, -0.2) is 0 Å². The Kier molecular flexibility index (Phi) is 15.8. The van der Waals surface area contributed by atoms with E-state index in [1.54, 1.807) is 25.1 Å². The van der Waals surface area contributed by atoms with Crippen LogP contribution in [0.5, 0.6) is 0 Å². The molecule has 0 N–H and O–H groups in total. The van der Waals surface area contributed by atoms with Gasteiger partial charge in [-0.15, -0.1) is 0 Å². The second kappa shape index (κ2) is 20.5. The first kappa shape index (κ1) is 50.0. The minimum absolute atomic E-state index is 0.0896. The molecule has 0 aliphatic rings. The van der Waals surface area contributed by atoms with E-state index in [1.165, 1.54) is 43.3 Å². The van der Waals surface area contributed by atoms with E-state index >= 15 is 0 Å². The van der Waals surface area contributed by atoms with Crippen LogP contribution in [0.15, 0.2) is 133 Å². The third-order valence-electron chi connectivity index (χ3n) is 11.1. The molecule has 6 aromatic rings. The lowest BCUT2D eigenvalue weighted by atomic mass is 9.84. The third-order valence-corrected chi connectivity index (χ3v) is 11.1. The summed E-state index contributed by atoms with van der Waals surface area (Å²) in [5.41, 5.74) is 5.57. The molecule has 0 radical (unpaired) electrons. The summed E-state index contributed by atoms with van der Waals surface area (Å²) in [6, 6.07) is 33.7. The number of rotatable bonds is 12. The summed E-state index contributed by atoms with van der Waals surface area (Å²) in [6.45, 7) is 13.2. The van der Waals surface area contributed by atoms with Crippen molar-refractivity contribution >= 4 is 11.6 Å². The second-order valence-electron chi connectivity index (χ2n) is 17.4. The van der Waals surface area contributed by atoms with Crippen molar-refractivity contribution < 1.29 is 49.1 Å². The van der Waals surface area contributed by atoms with E-state index in [0.717, 1.165) is 70.6 Å². The van der Waals surface area contributed by atoms with Crippen LogP contribution in [-0.4, -0.2) is 11.6 Å². The van der Waals surface area contributed by atoms with Crippen LogP contribution in [0.4, 0.5) is 39.5 Å². The molecule has 0 heterocycles. The SMILES string of the molecule is CC(=O)C(CC(C)C)c1cc(-c2ccc(C(F)(F)F)cc2)cc(-c2cccc(C(F)(F)F)c2)c1.CC(=O)C(CC(C)C)c1cc(-c2ccc(C)cc2)cc(-c2ccc(C(F)(F)F)cc2)c1. The zero-order chi connectivity index (χ0) is 48.0. The number of hydrogen-bond donors (Lipinski definition) is 0. The van der Waals surface area contributed by atoms with Crippen molar-refractivity contribution in [1.29, 1.82) is 0 Å². The highest BCUT2D eigenvalue weighted by Gasteiger charge is 2.32. The largest absolute Gasteiger partial charge is 0.416 e. The zero-order valence-corrected chi connectivity index (χ0v) is 37.1. The quantitative estimate of drug-likeness (QED) is 0.115. The van der Waals surface area contributed by atoms with Crippen molar-refractivity contribution in [1.82, 2.24) is 0 Å². The molecule has 0 aliphatic carbocycles. The highest BCUT2D eigenvalue weighted by molar-refractivity contribution is 5.86. The van der Waals surface area contributed by atoms with E-state index in [2.05, 4.69) is 13.8 Å². The Bertz CT molecular complexity index is 2560. The molecule has 2 unspecified atom stereocenters. The van der Waals surface area contributed by atoms with Crippen LogP contribution in [0.25, 0.3) is 44.5 Å². The summed E-state index contributed by atoms with van der Waals surface area (Å²) in [5.74, 6) is -0.217. The van der Waals surface area contributed by atoms with Gasteiger partial charge in [0.1, 0.15) is 11.6 Å². The lowest BCUT2D eigenvalue weighted by Gasteiger charge is -2.20. The lowest BCUT2D eigenvalue weighted by Crippen LogP contribution is -2.12. The Morgan fingerprint density at radius 2 is 0.723 bits per heavy atom.